The highest BCUT2D eigenvalue weighted by Crippen LogP contribution is 2.53. The van der Waals surface area contributed by atoms with Gasteiger partial charge in [0.25, 0.3) is 0 Å². The maximum absolute atomic E-state index is 14.5. The van der Waals surface area contributed by atoms with Gasteiger partial charge in [-0.15, -0.1) is 0 Å². The van der Waals surface area contributed by atoms with Crippen LogP contribution in [-0.2, 0) is 34.0 Å². The van der Waals surface area contributed by atoms with E-state index >= 15 is 0 Å². The molecule has 0 amide bonds. The monoisotopic (exact) mass is 676 g/mol. The molecule has 4 rings (SSSR count). The molecule has 0 bridgehead atoms. The summed E-state index contributed by atoms with van der Waals surface area (Å²) in [5.41, 5.74) is -10.5. The maximum atomic E-state index is 14.5. The smallest absolute Gasteiger partial charge is 0.343 e. The zero-order valence-electron chi connectivity index (χ0n) is 29.9. The van der Waals surface area contributed by atoms with Gasteiger partial charge in [0.15, 0.2) is 6.29 Å². The average Bonchev–Trinajstić information content (AvgIpc) is 3.30. The average molecular weight is 677 g/mol. The van der Waals surface area contributed by atoms with Crippen molar-refractivity contribution in [2.45, 2.75) is 117 Å². The number of H-pyrrole nitrogens is 2. The van der Waals surface area contributed by atoms with Crippen molar-refractivity contribution in [1.82, 2.24) is 20.1 Å². The van der Waals surface area contributed by atoms with Crippen LogP contribution in [0, 0.1) is 25.1 Å². The highest BCUT2D eigenvalue weighted by molar-refractivity contribution is 5.45. The van der Waals surface area contributed by atoms with Gasteiger partial charge in [-0.2, -0.15) is 31.4 Å². The van der Waals surface area contributed by atoms with Crippen LogP contribution in [-0.4, -0.2) is 37.5 Å². The number of aromatic nitrogens is 3. The Kier molecular flexibility index (Phi) is 8.40. The second-order valence-electron chi connectivity index (χ2n) is 14.2. The number of benzene rings is 2. The number of alkyl halides is 6. The first kappa shape index (κ1) is 33.7. The third-order valence-corrected chi connectivity index (χ3v) is 9.69. The molecule has 7 nitrogen and oxygen atoms in total. The highest BCUT2D eigenvalue weighted by atomic mass is 19.4. The predicted molar refractivity (Wildman–Crippen MR) is 161 cm³/mol. The number of nitrogens with one attached hydrogen (secondary N) is 2. The predicted octanol–water partition coefficient (Wildman–Crippen LogP) is 8.33. The van der Waals surface area contributed by atoms with E-state index < -0.39 is 92.7 Å². The van der Waals surface area contributed by atoms with Gasteiger partial charge in [0, 0.05) is 5.54 Å². The number of hydrogen-bond donors (Lipinski definition) is 2. The molecule has 2 aromatic carbocycles. The van der Waals surface area contributed by atoms with Crippen molar-refractivity contribution >= 4 is 0 Å². The topological polar surface area (TPSA) is 83.2 Å². The first-order valence-electron chi connectivity index (χ1n) is 15.9. The Bertz CT molecular complexity index is 1750. The zero-order chi connectivity index (χ0) is 37.4. The molecule has 14 heteroatoms. The molecule has 0 aliphatic carbocycles. The summed E-state index contributed by atoms with van der Waals surface area (Å²) < 4.78 is 131. The SMILES string of the molecule is [2H]c1c(C(F)(F)F)c([2H])c([C@](C)(O[C@H]2OC(C)(C)C(C)(C)N(Cc3n[nH]c(=O)[nH]3)[C@H]2c2ccc(F)cc2C)C(C)(C)C)c(C)c1C(F)(F)F. The molecule has 1 fully saturated rings. The van der Waals surface area contributed by atoms with Crippen LogP contribution in [0.25, 0.3) is 0 Å². The minimum absolute atomic E-state index is 0.0428. The number of halogens is 7. The molecule has 260 valence electrons. The molecule has 0 unspecified atom stereocenters. The van der Waals surface area contributed by atoms with E-state index in [0.29, 0.717) is 11.1 Å². The van der Waals surface area contributed by atoms with Gasteiger partial charge in [-0.25, -0.2) is 14.3 Å². The van der Waals surface area contributed by atoms with Crippen LogP contribution in [0.3, 0.4) is 0 Å². The Balaban J connectivity index is 2.08. The lowest BCUT2D eigenvalue weighted by Crippen LogP contribution is -2.68. The van der Waals surface area contributed by atoms with Gasteiger partial charge >= 0.3 is 18.0 Å². The number of nitrogens with zero attached hydrogens (tertiary/aromatic N) is 2. The van der Waals surface area contributed by atoms with E-state index in [4.69, 9.17) is 12.2 Å². The van der Waals surface area contributed by atoms with Gasteiger partial charge < -0.3 is 9.47 Å². The fourth-order valence-electron chi connectivity index (χ4n) is 5.89. The van der Waals surface area contributed by atoms with Crippen molar-refractivity contribution in [1.29, 1.82) is 0 Å². The Hall–Kier alpha value is -3.23. The Morgan fingerprint density at radius 2 is 1.60 bits per heavy atom. The summed E-state index contributed by atoms with van der Waals surface area (Å²) in [5, 5.41) is 6.34. The summed E-state index contributed by atoms with van der Waals surface area (Å²) in [4.78, 5) is 16.5. The molecule has 1 aliphatic rings. The van der Waals surface area contributed by atoms with Crippen molar-refractivity contribution in [3.8, 4) is 0 Å². The number of aromatic amines is 2. The van der Waals surface area contributed by atoms with Crippen LogP contribution in [0.1, 0.15) is 103 Å². The van der Waals surface area contributed by atoms with E-state index in [0.717, 1.165) is 6.92 Å². The Morgan fingerprint density at radius 1 is 1.00 bits per heavy atom. The van der Waals surface area contributed by atoms with Crippen molar-refractivity contribution in [3.63, 3.8) is 0 Å². The number of aryl methyl sites for hydroxylation is 1. The lowest BCUT2D eigenvalue weighted by molar-refractivity contribution is -0.347. The quantitative estimate of drug-likeness (QED) is 0.257. The minimum atomic E-state index is -5.48. The summed E-state index contributed by atoms with van der Waals surface area (Å²) in [5.74, 6) is -0.347. The second-order valence-corrected chi connectivity index (χ2v) is 14.2. The third-order valence-electron chi connectivity index (χ3n) is 9.69. The van der Waals surface area contributed by atoms with E-state index in [9.17, 15) is 35.5 Å². The standard InChI is InChI=1S/C33H41F7N4O3/c1-17-13-20(34)11-12-21(17)25-26(46-30(8,9)29(6,7)44(25)16-24-41-27(45)43-42-24)47-31(10,28(3,4)5)22-14-19(32(35,36)37)15-23(18(22)2)33(38,39)40/h11-15,25-26H,16H2,1-10H3,(H2,41,42,43,45)/t25-,26+,31-/m0/s1/i14D,15D. The number of rotatable bonds is 6. The second kappa shape index (κ2) is 11.7. The number of ether oxygens (including phenoxy) is 2. The Labute approximate surface area is 271 Å². The molecule has 0 spiro atoms. The highest BCUT2D eigenvalue weighted by Gasteiger charge is 2.57. The minimum Gasteiger partial charge on any atom is -0.343 e. The van der Waals surface area contributed by atoms with E-state index in [1.165, 1.54) is 25.1 Å². The zero-order valence-corrected chi connectivity index (χ0v) is 27.9. The first-order chi connectivity index (χ1) is 22.1. The van der Waals surface area contributed by atoms with Crippen LogP contribution >= 0.6 is 0 Å². The van der Waals surface area contributed by atoms with E-state index in [-0.39, 0.29) is 12.4 Å². The van der Waals surface area contributed by atoms with Gasteiger partial charge in [-0.1, -0.05) is 26.8 Å². The molecule has 3 aromatic rings. The fourth-order valence-corrected chi connectivity index (χ4v) is 5.89. The van der Waals surface area contributed by atoms with Crippen LogP contribution in [0.5, 0.6) is 0 Å². The van der Waals surface area contributed by atoms with Crippen LogP contribution in [0.15, 0.2) is 35.1 Å². The molecule has 0 radical (unpaired) electrons. The van der Waals surface area contributed by atoms with E-state index in [1.54, 1.807) is 41.5 Å². The van der Waals surface area contributed by atoms with Crippen molar-refractivity contribution in [3.05, 3.63) is 85.8 Å². The summed E-state index contributed by atoms with van der Waals surface area (Å²) in [6, 6.07) is -0.235. The lowest BCUT2D eigenvalue weighted by atomic mass is 9.70. The van der Waals surface area contributed by atoms with Crippen LogP contribution < -0.4 is 5.69 Å². The van der Waals surface area contributed by atoms with E-state index in [1.807, 2.05) is 18.7 Å². The summed E-state index contributed by atoms with van der Waals surface area (Å²) in [6.45, 7) is 15.6. The molecule has 2 N–H and O–H groups in total. The molecule has 0 saturated carbocycles. The number of morpholine rings is 1. The maximum Gasteiger partial charge on any atom is 0.416 e. The molecular formula is C33H41F7N4O3. The molecule has 1 aliphatic heterocycles. The summed E-state index contributed by atoms with van der Waals surface area (Å²) >= 11 is 0. The normalized spacial score (nSPS) is 22.5. The van der Waals surface area contributed by atoms with Gasteiger partial charge in [0.1, 0.15) is 11.6 Å². The van der Waals surface area contributed by atoms with Crippen molar-refractivity contribution in [2.24, 2.45) is 5.41 Å². The van der Waals surface area contributed by atoms with Crippen LogP contribution in [0.4, 0.5) is 30.7 Å². The van der Waals surface area contributed by atoms with Gasteiger partial charge in [-0.05, 0) is 100 Å². The van der Waals surface area contributed by atoms with Crippen LogP contribution in [0.2, 0.25) is 0 Å². The fraction of sp³-hybridized carbons (Fsp3) is 0.576. The lowest BCUT2D eigenvalue weighted by Gasteiger charge is -2.60. The number of hydrogen-bond acceptors (Lipinski definition) is 5. The van der Waals surface area contributed by atoms with Gasteiger partial charge in [0.2, 0.25) is 0 Å². The van der Waals surface area contributed by atoms with E-state index in [2.05, 4.69) is 15.2 Å². The molecule has 47 heavy (non-hydrogen) atoms. The van der Waals surface area contributed by atoms with Crippen molar-refractivity contribution < 1.29 is 42.9 Å². The first-order valence-corrected chi connectivity index (χ1v) is 14.9. The van der Waals surface area contributed by atoms with Crippen molar-refractivity contribution in [2.75, 3.05) is 0 Å². The molecule has 3 atom stereocenters. The summed E-state index contributed by atoms with van der Waals surface area (Å²) in [7, 11) is 0. The largest absolute Gasteiger partial charge is 0.416 e. The Morgan fingerprint density at radius 3 is 2.09 bits per heavy atom. The molecular weight excluding hydrogens is 633 g/mol. The summed E-state index contributed by atoms with van der Waals surface area (Å²) in [6.07, 6.45) is -12.3. The van der Waals surface area contributed by atoms with Gasteiger partial charge in [-0.3, -0.25) is 9.88 Å². The third kappa shape index (κ3) is 6.73. The molecule has 2 heterocycles. The molecule has 1 saturated heterocycles. The molecule has 1 aromatic heterocycles. The van der Waals surface area contributed by atoms with Gasteiger partial charge in [0.05, 0.1) is 37.7 Å².